The van der Waals surface area contributed by atoms with E-state index >= 15 is 0 Å². The fourth-order valence-corrected chi connectivity index (χ4v) is 25.0. The molecule has 2 nitrogen and oxygen atoms in total. The molecule has 0 aliphatic carbocycles. The second kappa shape index (κ2) is 3.35. The van der Waals surface area contributed by atoms with E-state index in [-0.39, 0.29) is 0 Å². The van der Waals surface area contributed by atoms with Crippen molar-refractivity contribution in [3.8, 4) is 0 Å². The van der Waals surface area contributed by atoms with E-state index in [1.165, 1.54) is 0 Å². The van der Waals surface area contributed by atoms with E-state index in [2.05, 4.69) is 43.3 Å². The molecule has 0 rings (SSSR count). The Balaban J connectivity index is 5.39. The van der Waals surface area contributed by atoms with Gasteiger partial charge in [0, 0.05) is 0 Å². The summed E-state index contributed by atoms with van der Waals surface area (Å²) in [5, 5.41) is 0. The minimum absolute atomic E-state index is 1.61. The molecule has 2 N–H and O–H groups in total. The molecule has 0 aliphatic rings. The third-order valence-corrected chi connectivity index (χ3v) is 16.8. The number of nitrogens with zero attached hydrogens (tertiary/aromatic N) is 1. The first-order chi connectivity index (χ1) is 5.62. The van der Waals surface area contributed by atoms with Crippen molar-refractivity contribution >= 4 is 23.7 Å². The van der Waals surface area contributed by atoms with Crippen LogP contribution in [-0.4, -0.2) is 33.8 Å². The Morgan fingerprint density at radius 3 is 1.14 bits per heavy atom. The summed E-state index contributed by atoms with van der Waals surface area (Å²) in [7, 11) is -6.92. The van der Waals surface area contributed by atoms with Crippen LogP contribution in [0.15, 0.2) is 0 Å². The van der Waals surface area contributed by atoms with E-state index < -0.39 is 23.7 Å². The summed E-state index contributed by atoms with van der Waals surface area (Å²) < 4.78 is 16.7. The van der Waals surface area contributed by atoms with Crippen LogP contribution in [0.4, 0.5) is 4.20 Å². The maximum atomic E-state index is 14.6. The van der Waals surface area contributed by atoms with Crippen molar-refractivity contribution in [2.24, 2.45) is 5.50 Å². The molecule has 6 heteroatoms. The molecule has 0 radical (unpaired) electrons. The van der Waals surface area contributed by atoms with Gasteiger partial charge >= 0.3 is 90.0 Å². The Bertz CT molecular complexity index is 201. The zero-order valence-corrected chi connectivity index (χ0v) is 13.7. The quantitative estimate of drug-likeness (QED) is 0.619. The molecule has 88 valence electrons. The molecular weight excluding hydrogens is 230 g/mol. The number of nitrogens with two attached hydrogens (primary N) is 1. The fraction of sp³-hybridized carbons (Fsp3) is 1.00. The monoisotopic (exact) mass is 256 g/mol. The first-order valence-electron chi connectivity index (χ1n) is 4.97. The Hall–Kier alpha value is 0.714. The van der Waals surface area contributed by atoms with Gasteiger partial charge in [-0.3, -0.25) is 0 Å². The van der Waals surface area contributed by atoms with E-state index in [1.807, 2.05) is 0 Å². The van der Waals surface area contributed by atoms with E-state index in [0.29, 0.717) is 0 Å². The summed E-state index contributed by atoms with van der Waals surface area (Å²) >= 11 is 0. The van der Waals surface area contributed by atoms with Gasteiger partial charge in [-0.15, -0.1) is 0 Å². The molecule has 14 heavy (non-hydrogen) atoms. The van der Waals surface area contributed by atoms with Crippen LogP contribution >= 0.6 is 7.22 Å². The van der Waals surface area contributed by atoms with Crippen LogP contribution < -0.4 is 5.50 Å². The molecule has 0 saturated carbocycles. The van der Waals surface area contributed by atoms with Gasteiger partial charge in [0.15, 0.2) is 0 Å². The predicted molar refractivity (Wildman–Crippen MR) is 72.6 cm³/mol. The average Bonchev–Trinajstić information content (AvgIpc) is 1.40. The second-order valence-corrected chi connectivity index (χ2v) is 21.8. The fourth-order valence-electron chi connectivity index (χ4n) is 2.78. The average molecular weight is 256 g/mol. The van der Waals surface area contributed by atoms with Gasteiger partial charge < -0.3 is 0 Å². The molecule has 0 unspecified atom stereocenters. The van der Waals surface area contributed by atoms with Gasteiger partial charge in [0.25, 0.3) is 0 Å². The maximum absolute atomic E-state index is 14.6. The first kappa shape index (κ1) is 14.7. The van der Waals surface area contributed by atoms with Gasteiger partial charge in [-0.2, -0.15) is 0 Å². The van der Waals surface area contributed by atoms with Crippen LogP contribution in [0, 0.1) is 0 Å². The zero-order chi connectivity index (χ0) is 12.0. The predicted octanol–water partition coefficient (Wildman–Crippen LogP) is 3.44. The summed E-state index contributed by atoms with van der Waals surface area (Å²) in [6, 6.07) is 0. The topological polar surface area (TPSA) is 29.3 Å². The zero-order valence-electron chi connectivity index (χ0n) is 10.8. The molecule has 0 atom stereocenters. The van der Waals surface area contributed by atoms with Crippen LogP contribution in [0.5, 0.6) is 0 Å². The summed E-state index contributed by atoms with van der Waals surface area (Å²) in [5.41, 5.74) is 5.95. The molecule has 0 heterocycles. The number of rotatable bonds is 3. The van der Waals surface area contributed by atoms with Crippen molar-refractivity contribution in [1.29, 1.82) is 0 Å². The van der Waals surface area contributed by atoms with E-state index in [0.717, 1.165) is 0 Å². The van der Waals surface area contributed by atoms with Gasteiger partial charge in [-0.1, -0.05) is 0 Å². The third kappa shape index (κ3) is 4.07. The summed E-state index contributed by atoms with van der Waals surface area (Å²) in [6.45, 7) is 16.3. The third-order valence-electron chi connectivity index (χ3n) is 1.86. The molecule has 0 bridgehead atoms. The van der Waals surface area contributed by atoms with Crippen molar-refractivity contribution in [2.75, 3.05) is 13.3 Å². The molecule has 0 spiro atoms. The van der Waals surface area contributed by atoms with Gasteiger partial charge in [0.1, 0.15) is 0 Å². The van der Waals surface area contributed by atoms with Gasteiger partial charge in [0.2, 0.25) is 0 Å². The molecule has 0 saturated heterocycles. The van der Waals surface area contributed by atoms with E-state index in [1.54, 1.807) is 13.3 Å². The normalized spacial score (nSPS) is 18.1. The molecule has 0 aromatic rings. The molecule has 0 aromatic heterocycles. The van der Waals surface area contributed by atoms with Crippen LogP contribution in [0.2, 0.25) is 39.3 Å². The van der Waals surface area contributed by atoms with Crippen LogP contribution in [0.3, 0.4) is 0 Å². The number of halogens is 1. The van der Waals surface area contributed by atoms with Crippen molar-refractivity contribution in [3.63, 3.8) is 0 Å². The van der Waals surface area contributed by atoms with E-state index in [9.17, 15) is 4.20 Å². The van der Waals surface area contributed by atoms with Crippen LogP contribution in [0.25, 0.3) is 0 Å². The Kier molecular flexibility index (Phi) is 3.52. The summed E-state index contributed by atoms with van der Waals surface area (Å²) in [5.74, 6) is 0. The van der Waals surface area contributed by atoms with Gasteiger partial charge in [-0.25, -0.2) is 0 Å². The Morgan fingerprint density at radius 2 is 1.14 bits per heavy atom. The van der Waals surface area contributed by atoms with Crippen molar-refractivity contribution in [2.45, 2.75) is 39.3 Å². The van der Waals surface area contributed by atoms with E-state index in [4.69, 9.17) is 5.50 Å². The molecule has 0 fully saturated rings. The first-order valence-corrected chi connectivity index (χ1v) is 14.9. The molecule has 0 aromatic carbocycles. The minimum atomic E-state index is -3.57. The van der Waals surface area contributed by atoms with Crippen molar-refractivity contribution in [1.82, 2.24) is 4.00 Å². The van der Waals surface area contributed by atoms with Crippen molar-refractivity contribution in [3.05, 3.63) is 0 Å². The molecule has 0 aliphatic heterocycles. The van der Waals surface area contributed by atoms with Gasteiger partial charge in [-0.05, 0) is 0 Å². The standard InChI is InChI=1S/C8H26FN2PSi2/c1-12(2,9,10)11(13(3,4)5)14(6,7)8/h10H2,1-8H3. The summed E-state index contributed by atoms with van der Waals surface area (Å²) in [6.07, 6.45) is 0. The Morgan fingerprint density at radius 1 is 0.929 bits per heavy atom. The van der Waals surface area contributed by atoms with Gasteiger partial charge in [0.05, 0.1) is 0 Å². The van der Waals surface area contributed by atoms with Crippen LogP contribution in [-0.2, 0) is 0 Å². The molecule has 0 amide bonds. The molecular formula is C8H26FN2PSi2. The van der Waals surface area contributed by atoms with Crippen LogP contribution in [0.1, 0.15) is 0 Å². The SMILES string of the molecule is C[Si](C)(C)N([Si](C)(C)C)P(C)(C)(N)F. The number of hydrogen-bond donors (Lipinski definition) is 1. The Labute approximate surface area is 90.4 Å². The summed E-state index contributed by atoms with van der Waals surface area (Å²) in [4.78, 5) is 0. The second-order valence-electron chi connectivity index (χ2n) is 6.64. The van der Waals surface area contributed by atoms with Crippen molar-refractivity contribution < 1.29 is 4.20 Å². The number of hydrogen-bond acceptors (Lipinski definition) is 2.